The van der Waals surface area contributed by atoms with Crippen molar-refractivity contribution in [2.24, 2.45) is 5.92 Å². The fourth-order valence-electron chi connectivity index (χ4n) is 3.70. The van der Waals surface area contributed by atoms with Gasteiger partial charge in [-0.3, -0.25) is 9.52 Å². The number of amides is 1. The molecule has 0 aliphatic carbocycles. The summed E-state index contributed by atoms with van der Waals surface area (Å²) in [5.41, 5.74) is 0.468. The number of hydrogen-bond donors (Lipinski definition) is 3. The summed E-state index contributed by atoms with van der Waals surface area (Å²) in [6.45, 7) is 4.55. The summed E-state index contributed by atoms with van der Waals surface area (Å²) in [5.74, 6) is 0.596. The molecule has 0 unspecified atom stereocenters. The number of rotatable bonds is 8. The maximum Gasteiger partial charge on any atom is 0.261 e. The van der Waals surface area contributed by atoms with Gasteiger partial charge in [0.25, 0.3) is 15.9 Å². The summed E-state index contributed by atoms with van der Waals surface area (Å²) in [4.78, 5) is 15.1. The number of aliphatic hydroxyl groups is 1. The summed E-state index contributed by atoms with van der Waals surface area (Å²) < 4.78 is 39.5. The molecule has 3 atom stereocenters. The average molecular weight is 478 g/mol. The number of fused-ring (bicyclic) bond motifs is 1. The van der Waals surface area contributed by atoms with E-state index in [-0.39, 0.29) is 40.7 Å². The molecular weight excluding hydrogens is 446 g/mol. The maximum atomic E-state index is 13.4. The van der Waals surface area contributed by atoms with Crippen LogP contribution in [0.5, 0.6) is 11.5 Å². The lowest BCUT2D eigenvalue weighted by molar-refractivity contribution is 0.0416. The third kappa shape index (κ3) is 5.58. The van der Waals surface area contributed by atoms with Crippen LogP contribution in [0.2, 0.25) is 0 Å². The number of aliphatic hydroxyl groups excluding tert-OH is 1. The third-order valence-electron chi connectivity index (χ3n) is 5.69. The van der Waals surface area contributed by atoms with Crippen LogP contribution < -0.4 is 19.5 Å². The summed E-state index contributed by atoms with van der Waals surface area (Å²) in [5, 5.41) is 12.8. The highest BCUT2D eigenvalue weighted by atomic mass is 32.2. The van der Waals surface area contributed by atoms with Gasteiger partial charge in [-0.05, 0) is 56.4 Å². The van der Waals surface area contributed by atoms with Gasteiger partial charge in [-0.15, -0.1) is 0 Å². The fraction of sp³-hybridized carbons (Fsp3) is 0.435. The Bertz CT molecular complexity index is 1070. The van der Waals surface area contributed by atoms with E-state index in [0.29, 0.717) is 24.6 Å². The molecule has 2 aromatic carbocycles. The monoisotopic (exact) mass is 477 g/mol. The van der Waals surface area contributed by atoms with Crippen LogP contribution in [0, 0.1) is 5.92 Å². The van der Waals surface area contributed by atoms with Crippen molar-refractivity contribution in [2.45, 2.75) is 30.9 Å². The van der Waals surface area contributed by atoms with Crippen molar-refractivity contribution in [3.63, 3.8) is 0 Å². The van der Waals surface area contributed by atoms with Crippen LogP contribution in [-0.2, 0) is 10.0 Å². The van der Waals surface area contributed by atoms with Gasteiger partial charge in [0, 0.05) is 24.7 Å². The lowest BCUT2D eigenvalue weighted by atomic mass is 9.99. The van der Waals surface area contributed by atoms with Gasteiger partial charge in [0.15, 0.2) is 0 Å². The van der Waals surface area contributed by atoms with Gasteiger partial charge >= 0.3 is 0 Å². The molecular formula is C23H31N3O6S. The molecule has 0 spiro atoms. The Balaban J connectivity index is 1.97. The number of benzene rings is 2. The first-order valence-electron chi connectivity index (χ1n) is 10.7. The zero-order valence-electron chi connectivity index (χ0n) is 19.2. The van der Waals surface area contributed by atoms with Crippen molar-refractivity contribution in [3.05, 3.63) is 48.0 Å². The number of likely N-dealkylation sites (N-methyl/N-ethyl adjacent to an activating group) is 1. The van der Waals surface area contributed by atoms with Gasteiger partial charge in [0.2, 0.25) is 0 Å². The number of nitrogens with one attached hydrogen (secondary N) is 2. The van der Waals surface area contributed by atoms with Gasteiger partial charge in [-0.25, -0.2) is 8.42 Å². The zero-order valence-corrected chi connectivity index (χ0v) is 20.1. The highest BCUT2D eigenvalue weighted by molar-refractivity contribution is 7.92. The fourth-order valence-corrected chi connectivity index (χ4v) is 4.75. The first kappa shape index (κ1) is 24.8. The predicted octanol–water partition coefficient (Wildman–Crippen LogP) is 1.94. The second kappa shape index (κ2) is 10.4. The second-order valence-corrected chi connectivity index (χ2v) is 9.85. The Morgan fingerprint density at radius 1 is 1.24 bits per heavy atom. The topological polar surface area (TPSA) is 117 Å². The van der Waals surface area contributed by atoms with Crippen LogP contribution in [0.3, 0.4) is 0 Å². The SMILES string of the molecule is CNC[C@@H]1Oc2ccc(NS(=O)(=O)c3ccc(OC)cc3)cc2C(=O)N([C@@H](C)CO)C[C@H]1C. The van der Waals surface area contributed by atoms with E-state index in [2.05, 4.69) is 10.0 Å². The van der Waals surface area contributed by atoms with Crippen molar-refractivity contribution in [2.75, 3.05) is 38.6 Å². The molecule has 1 aliphatic rings. The number of sulfonamides is 1. The van der Waals surface area contributed by atoms with Crippen molar-refractivity contribution in [1.82, 2.24) is 10.2 Å². The number of nitrogens with zero attached hydrogens (tertiary/aromatic N) is 1. The normalized spacial score (nSPS) is 19.7. The molecule has 0 saturated carbocycles. The molecule has 0 fully saturated rings. The van der Waals surface area contributed by atoms with Crippen molar-refractivity contribution in [1.29, 1.82) is 0 Å². The van der Waals surface area contributed by atoms with Crippen LogP contribution in [0.15, 0.2) is 47.4 Å². The minimum atomic E-state index is -3.88. The summed E-state index contributed by atoms with van der Waals surface area (Å²) in [6.07, 6.45) is -0.211. The zero-order chi connectivity index (χ0) is 24.2. The van der Waals surface area contributed by atoms with E-state index in [1.54, 1.807) is 36.1 Å². The van der Waals surface area contributed by atoms with E-state index in [1.807, 2.05) is 14.0 Å². The smallest absolute Gasteiger partial charge is 0.261 e. The standard InChI is InChI=1S/C23H31N3O6S/c1-15-13-26(16(2)14-27)23(28)20-11-17(5-10-21(20)32-22(15)12-24-3)25-33(29,30)19-8-6-18(31-4)7-9-19/h5-11,15-16,22,24-25,27H,12-14H2,1-4H3/t15-,16+,22+/m1/s1. The quantitative estimate of drug-likeness (QED) is 0.532. The van der Waals surface area contributed by atoms with Crippen LogP contribution in [0.25, 0.3) is 0 Å². The van der Waals surface area contributed by atoms with Crippen LogP contribution >= 0.6 is 0 Å². The highest BCUT2D eigenvalue weighted by Crippen LogP contribution is 2.31. The number of hydrogen-bond acceptors (Lipinski definition) is 7. The number of carbonyl (C=O) groups excluding carboxylic acids is 1. The van der Waals surface area contributed by atoms with E-state index in [4.69, 9.17) is 9.47 Å². The molecule has 1 amide bonds. The van der Waals surface area contributed by atoms with Gasteiger partial charge in [-0.1, -0.05) is 6.92 Å². The van der Waals surface area contributed by atoms with E-state index in [1.165, 1.54) is 25.3 Å². The van der Waals surface area contributed by atoms with E-state index >= 15 is 0 Å². The van der Waals surface area contributed by atoms with Crippen LogP contribution in [-0.4, -0.2) is 70.3 Å². The molecule has 180 valence electrons. The van der Waals surface area contributed by atoms with Crippen LogP contribution in [0.4, 0.5) is 5.69 Å². The molecule has 0 radical (unpaired) electrons. The molecule has 3 rings (SSSR count). The van der Waals surface area contributed by atoms with Crippen molar-refractivity contribution >= 4 is 21.6 Å². The third-order valence-corrected chi connectivity index (χ3v) is 7.09. The Kier molecular flexibility index (Phi) is 7.83. The Morgan fingerprint density at radius 2 is 1.94 bits per heavy atom. The number of ether oxygens (including phenoxy) is 2. The van der Waals surface area contributed by atoms with Crippen molar-refractivity contribution < 1.29 is 27.8 Å². The van der Waals surface area contributed by atoms with Gasteiger partial charge < -0.3 is 24.8 Å². The number of carbonyl (C=O) groups is 1. The summed E-state index contributed by atoms with van der Waals surface area (Å²) in [6, 6.07) is 10.2. The first-order valence-corrected chi connectivity index (χ1v) is 12.2. The lowest BCUT2D eigenvalue weighted by Crippen LogP contribution is -2.49. The highest BCUT2D eigenvalue weighted by Gasteiger charge is 2.33. The van der Waals surface area contributed by atoms with Gasteiger partial charge in [0.1, 0.15) is 17.6 Å². The molecule has 0 bridgehead atoms. The molecule has 0 saturated heterocycles. The minimum absolute atomic E-state index is 0.0109. The van der Waals surface area contributed by atoms with Gasteiger partial charge in [0.05, 0.1) is 30.2 Å². The average Bonchev–Trinajstić information content (AvgIpc) is 2.81. The van der Waals surface area contributed by atoms with Gasteiger partial charge in [-0.2, -0.15) is 0 Å². The lowest BCUT2D eigenvalue weighted by Gasteiger charge is -2.37. The maximum absolute atomic E-state index is 13.4. The van der Waals surface area contributed by atoms with Crippen LogP contribution in [0.1, 0.15) is 24.2 Å². The largest absolute Gasteiger partial charge is 0.497 e. The van der Waals surface area contributed by atoms with E-state index < -0.39 is 16.1 Å². The molecule has 1 heterocycles. The van der Waals surface area contributed by atoms with Crippen molar-refractivity contribution in [3.8, 4) is 11.5 Å². The Morgan fingerprint density at radius 3 is 2.55 bits per heavy atom. The predicted molar refractivity (Wildman–Crippen MR) is 125 cm³/mol. The minimum Gasteiger partial charge on any atom is -0.497 e. The molecule has 3 N–H and O–H groups in total. The Hall–Kier alpha value is -2.82. The molecule has 1 aliphatic heterocycles. The molecule has 10 heteroatoms. The molecule has 0 aromatic heterocycles. The molecule has 33 heavy (non-hydrogen) atoms. The molecule has 9 nitrogen and oxygen atoms in total. The summed E-state index contributed by atoms with van der Waals surface area (Å²) in [7, 11) is -0.556. The number of methoxy groups -OCH3 is 1. The second-order valence-electron chi connectivity index (χ2n) is 8.17. The van der Waals surface area contributed by atoms with E-state index in [0.717, 1.165) is 0 Å². The molecule has 2 aromatic rings. The number of anilines is 1. The summed E-state index contributed by atoms with van der Waals surface area (Å²) >= 11 is 0. The van der Waals surface area contributed by atoms with E-state index in [9.17, 15) is 18.3 Å². The first-order chi connectivity index (χ1) is 15.7. The Labute approximate surface area is 194 Å².